The van der Waals surface area contributed by atoms with E-state index in [4.69, 9.17) is 0 Å². The maximum atomic E-state index is 10.7. The fourth-order valence-electron chi connectivity index (χ4n) is 1.26. The predicted octanol–water partition coefficient (Wildman–Crippen LogP) is 3.10. The largest absolute Gasteiger partial charge is 0.393 e. The Morgan fingerprint density at radius 3 is 2.47 bits per heavy atom. The Kier molecular flexibility index (Phi) is 8.30. The number of unbranched alkanes of at least 4 members (excludes halogenated alkanes) is 2. The minimum atomic E-state index is -0.229. The minimum absolute atomic E-state index is 0.229. The van der Waals surface area contributed by atoms with Crippen molar-refractivity contribution in [1.82, 2.24) is 0 Å². The highest BCUT2D eigenvalue weighted by Crippen LogP contribution is 2.09. The smallest absolute Gasteiger partial charge is 0.129 e. The number of carbonyl (C=O) groups excluding carboxylic acids is 1. The van der Waals surface area contributed by atoms with Gasteiger partial charge in [-0.1, -0.05) is 19.1 Å². The standard InChI is InChI=1S/C13H24O2/c1-11(13(3)15)9-7-5-4-6-8-10-12(2)14/h5,7,11,13,15H,4,6,8-10H2,1-3H3/b7-5+/t11-,13+/m1/s1. The number of hydrogen-bond acceptors (Lipinski definition) is 2. The van der Waals surface area contributed by atoms with Crippen LogP contribution in [0.4, 0.5) is 0 Å². The number of Topliss-reactive ketones (excluding diaryl/α,β-unsaturated/α-hetero) is 1. The van der Waals surface area contributed by atoms with Crippen molar-refractivity contribution in [3.63, 3.8) is 0 Å². The van der Waals surface area contributed by atoms with Gasteiger partial charge < -0.3 is 9.90 Å². The first-order valence-electron chi connectivity index (χ1n) is 5.86. The molecule has 0 aromatic rings. The molecular formula is C13H24O2. The Balaban J connectivity index is 3.35. The maximum absolute atomic E-state index is 10.7. The summed E-state index contributed by atoms with van der Waals surface area (Å²) in [6, 6.07) is 0. The molecule has 2 heteroatoms. The van der Waals surface area contributed by atoms with Crippen LogP contribution < -0.4 is 0 Å². The van der Waals surface area contributed by atoms with Crippen LogP contribution in [0.2, 0.25) is 0 Å². The van der Waals surface area contributed by atoms with Crippen molar-refractivity contribution in [2.24, 2.45) is 5.92 Å². The van der Waals surface area contributed by atoms with Crippen LogP contribution in [-0.2, 0) is 4.79 Å². The van der Waals surface area contributed by atoms with E-state index in [2.05, 4.69) is 12.2 Å². The van der Waals surface area contributed by atoms with E-state index in [9.17, 15) is 9.90 Å². The summed E-state index contributed by atoms with van der Waals surface area (Å²) in [7, 11) is 0. The van der Waals surface area contributed by atoms with Crippen LogP contribution in [0.1, 0.15) is 52.9 Å². The van der Waals surface area contributed by atoms with Crippen LogP contribution in [-0.4, -0.2) is 17.0 Å². The number of carbonyl (C=O) groups is 1. The average molecular weight is 212 g/mol. The molecule has 0 aromatic heterocycles. The van der Waals surface area contributed by atoms with Gasteiger partial charge in [-0.25, -0.2) is 0 Å². The molecule has 0 aliphatic carbocycles. The molecule has 15 heavy (non-hydrogen) atoms. The molecule has 0 unspecified atom stereocenters. The monoisotopic (exact) mass is 212 g/mol. The number of hydrogen-bond donors (Lipinski definition) is 1. The first-order chi connectivity index (χ1) is 7.04. The summed E-state index contributed by atoms with van der Waals surface area (Å²) in [5.41, 5.74) is 0. The van der Waals surface area contributed by atoms with Gasteiger partial charge in [0.15, 0.2) is 0 Å². The highest BCUT2D eigenvalue weighted by atomic mass is 16.3. The third kappa shape index (κ3) is 9.67. The average Bonchev–Trinajstić information content (AvgIpc) is 2.15. The summed E-state index contributed by atoms with van der Waals surface area (Å²) in [5.74, 6) is 0.611. The molecule has 0 saturated heterocycles. The normalized spacial score (nSPS) is 15.5. The Morgan fingerprint density at radius 1 is 1.27 bits per heavy atom. The third-order valence-corrected chi connectivity index (χ3v) is 2.65. The van der Waals surface area contributed by atoms with Crippen LogP contribution >= 0.6 is 0 Å². The molecule has 0 rings (SSSR count). The molecule has 0 heterocycles. The van der Waals surface area contributed by atoms with Crippen molar-refractivity contribution in [3.8, 4) is 0 Å². The molecule has 0 aliphatic heterocycles. The number of aliphatic hydroxyl groups is 1. The van der Waals surface area contributed by atoms with E-state index in [1.54, 1.807) is 6.92 Å². The fraction of sp³-hybridized carbons (Fsp3) is 0.769. The lowest BCUT2D eigenvalue weighted by Crippen LogP contribution is -2.11. The van der Waals surface area contributed by atoms with Gasteiger partial charge in [-0.3, -0.25) is 0 Å². The van der Waals surface area contributed by atoms with Crippen molar-refractivity contribution in [2.75, 3.05) is 0 Å². The van der Waals surface area contributed by atoms with E-state index in [-0.39, 0.29) is 11.9 Å². The zero-order chi connectivity index (χ0) is 11.7. The van der Waals surface area contributed by atoms with Crippen LogP contribution in [0.3, 0.4) is 0 Å². The van der Waals surface area contributed by atoms with Gasteiger partial charge in [0, 0.05) is 6.42 Å². The van der Waals surface area contributed by atoms with E-state index in [1.807, 2.05) is 13.8 Å². The zero-order valence-electron chi connectivity index (χ0n) is 10.2. The van der Waals surface area contributed by atoms with E-state index in [0.717, 1.165) is 25.7 Å². The first kappa shape index (κ1) is 14.4. The fourth-order valence-corrected chi connectivity index (χ4v) is 1.26. The third-order valence-electron chi connectivity index (χ3n) is 2.65. The van der Waals surface area contributed by atoms with Crippen LogP contribution in [0.25, 0.3) is 0 Å². The topological polar surface area (TPSA) is 37.3 Å². The molecule has 1 N–H and O–H groups in total. The highest BCUT2D eigenvalue weighted by molar-refractivity contribution is 5.75. The Hall–Kier alpha value is -0.630. The highest BCUT2D eigenvalue weighted by Gasteiger charge is 2.05. The first-order valence-corrected chi connectivity index (χ1v) is 5.86. The lowest BCUT2D eigenvalue weighted by molar-refractivity contribution is -0.117. The van der Waals surface area contributed by atoms with Crippen molar-refractivity contribution < 1.29 is 9.90 Å². The van der Waals surface area contributed by atoms with Gasteiger partial charge in [0.25, 0.3) is 0 Å². The van der Waals surface area contributed by atoms with Gasteiger partial charge in [-0.15, -0.1) is 0 Å². The number of allylic oxidation sites excluding steroid dienone is 2. The molecule has 0 spiro atoms. The second-order valence-electron chi connectivity index (χ2n) is 4.37. The van der Waals surface area contributed by atoms with Gasteiger partial charge in [0.1, 0.15) is 5.78 Å². The molecule has 2 nitrogen and oxygen atoms in total. The summed E-state index contributed by atoms with van der Waals surface area (Å²) < 4.78 is 0. The molecular weight excluding hydrogens is 188 g/mol. The van der Waals surface area contributed by atoms with Crippen molar-refractivity contribution >= 4 is 5.78 Å². The second-order valence-corrected chi connectivity index (χ2v) is 4.37. The number of aliphatic hydroxyl groups excluding tert-OH is 1. The zero-order valence-corrected chi connectivity index (χ0v) is 10.2. The Labute approximate surface area is 93.4 Å². The lowest BCUT2D eigenvalue weighted by Gasteiger charge is -2.10. The van der Waals surface area contributed by atoms with Gasteiger partial charge in [-0.2, -0.15) is 0 Å². The lowest BCUT2D eigenvalue weighted by atomic mass is 10.0. The summed E-state index contributed by atoms with van der Waals surface area (Å²) in [5, 5.41) is 9.25. The van der Waals surface area contributed by atoms with Gasteiger partial charge >= 0.3 is 0 Å². The summed E-state index contributed by atoms with van der Waals surface area (Å²) >= 11 is 0. The van der Waals surface area contributed by atoms with E-state index in [1.165, 1.54) is 0 Å². The summed E-state index contributed by atoms with van der Waals surface area (Å²) in [6.07, 6.45) is 8.81. The van der Waals surface area contributed by atoms with Gasteiger partial charge in [0.2, 0.25) is 0 Å². The van der Waals surface area contributed by atoms with E-state index < -0.39 is 0 Å². The molecule has 0 aromatic carbocycles. The van der Waals surface area contributed by atoms with Crippen molar-refractivity contribution in [1.29, 1.82) is 0 Å². The van der Waals surface area contributed by atoms with Crippen LogP contribution in [0.5, 0.6) is 0 Å². The Morgan fingerprint density at radius 2 is 1.93 bits per heavy atom. The molecule has 0 radical (unpaired) electrons. The van der Waals surface area contributed by atoms with E-state index >= 15 is 0 Å². The van der Waals surface area contributed by atoms with Gasteiger partial charge in [-0.05, 0) is 45.4 Å². The van der Waals surface area contributed by atoms with Crippen molar-refractivity contribution in [2.45, 2.75) is 59.0 Å². The van der Waals surface area contributed by atoms with Crippen LogP contribution in [0, 0.1) is 5.92 Å². The van der Waals surface area contributed by atoms with Gasteiger partial charge in [0.05, 0.1) is 6.10 Å². The molecule has 2 atom stereocenters. The molecule has 0 fully saturated rings. The second kappa shape index (κ2) is 8.66. The Bertz CT molecular complexity index is 195. The number of rotatable bonds is 8. The van der Waals surface area contributed by atoms with Crippen LogP contribution in [0.15, 0.2) is 12.2 Å². The minimum Gasteiger partial charge on any atom is -0.393 e. The summed E-state index contributed by atoms with van der Waals surface area (Å²) in [4.78, 5) is 10.7. The van der Waals surface area contributed by atoms with E-state index in [0.29, 0.717) is 12.3 Å². The predicted molar refractivity (Wildman–Crippen MR) is 63.8 cm³/mol. The molecule has 0 bridgehead atoms. The molecule has 88 valence electrons. The molecule has 0 aliphatic rings. The quantitative estimate of drug-likeness (QED) is 0.496. The summed E-state index contributed by atoms with van der Waals surface area (Å²) in [6.45, 7) is 5.51. The maximum Gasteiger partial charge on any atom is 0.129 e. The molecule has 0 saturated carbocycles. The SMILES string of the molecule is CC(=O)CCCC/C=C/C[C@@H](C)[C@H](C)O. The van der Waals surface area contributed by atoms with Crippen molar-refractivity contribution in [3.05, 3.63) is 12.2 Å². The molecule has 0 amide bonds. The number of ketones is 1.